The first-order valence-electron chi connectivity index (χ1n) is 4.36. The Bertz CT molecular complexity index is 368. The first-order chi connectivity index (χ1) is 7.06. The van der Waals surface area contributed by atoms with E-state index >= 15 is 0 Å². The van der Waals surface area contributed by atoms with Gasteiger partial charge in [0.1, 0.15) is 5.75 Å². The second kappa shape index (κ2) is 5.24. The summed E-state index contributed by atoms with van der Waals surface area (Å²) in [5.41, 5.74) is 0.436. The number of halogens is 2. The van der Waals surface area contributed by atoms with E-state index in [1.165, 1.54) is 23.1 Å². The third-order valence-electron chi connectivity index (χ3n) is 1.96. The summed E-state index contributed by atoms with van der Waals surface area (Å²) in [6.45, 7) is 0.471. The number of aromatic hydroxyl groups is 1. The molecule has 0 aliphatic carbocycles. The maximum atomic E-state index is 11.7. The molecule has 15 heavy (non-hydrogen) atoms. The molecule has 0 saturated carbocycles. The van der Waals surface area contributed by atoms with Crippen molar-refractivity contribution in [3.8, 4) is 5.75 Å². The summed E-state index contributed by atoms with van der Waals surface area (Å²) in [6, 6.07) is 4.35. The Kier molecular flexibility index (Phi) is 4.24. The monoisotopic (exact) mass is 247 g/mol. The fraction of sp³-hybridized carbons (Fsp3) is 0.300. The van der Waals surface area contributed by atoms with Crippen molar-refractivity contribution in [2.24, 2.45) is 0 Å². The lowest BCUT2D eigenvalue weighted by molar-refractivity contribution is 0.0803. The lowest BCUT2D eigenvalue weighted by Crippen LogP contribution is -2.28. The number of rotatable bonds is 3. The number of hydrogen-bond donors (Lipinski definition) is 1. The summed E-state index contributed by atoms with van der Waals surface area (Å²) < 4.78 is 0. The highest BCUT2D eigenvalue weighted by Gasteiger charge is 2.12. The van der Waals surface area contributed by atoms with E-state index in [0.29, 0.717) is 18.0 Å². The van der Waals surface area contributed by atoms with Gasteiger partial charge in [-0.15, -0.1) is 11.6 Å². The molecule has 1 amide bonds. The van der Waals surface area contributed by atoms with Crippen LogP contribution in [0.2, 0.25) is 5.02 Å². The summed E-state index contributed by atoms with van der Waals surface area (Å²) in [6.07, 6.45) is 0. The average molecular weight is 248 g/mol. The van der Waals surface area contributed by atoms with Crippen molar-refractivity contribution in [3.63, 3.8) is 0 Å². The van der Waals surface area contributed by atoms with Crippen LogP contribution in [0.15, 0.2) is 18.2 Å². The Morgan fingerprint density at radius 1 is 1.53 bits per heavy atom. The zero-order valence-corrected chi connectivity index (χ0v) is 9.72. The molecule has 0 radical (unpaired) electrons. The third kappa shape index (κ3) is 3.01. The number of phenolic OH excluding ortho intramolecular Hbond substituents is 1. The number of carbonyl (C=O) groups excluding carboxylic acids is 1. The number of carbonyl (C=O) groups is 1. The highest BCUT2D eigenvalue weighted by atomic mass is 35.5. The van der Waals surface area contributed by atoms with Gasteiger partial charge in [-0.2, -0.15) is 0 Å². The number of benzene rings is 1. The normalized spacial score (nSPS) is 10.1. The van der Waals surface area contributed by atoms with Gasteiger partial charge < -0.3 is 10.0 Å². The molecule has 0 fully saturated rings. The standard InChI is InChI=1S/C10H11Cl2NO2/c1-13(5-4-11)10(15)7-2-3-9(14)8(12)6-7/h2-3,6,14H,4-5H2,1H3. The molecule has 0 saturated heterocycles. The zero-order valence-electron chi connectivity index (χ0n) is 8.20. The quantitative estimate of drug-likeness (QED) is 0.834. The fourth-order valence-electron chi connectivity index (χ4n) is 1.09. The Hall–Kier alpha value is -0.930. The van der Waals surface area contributed by atoms with Crippen LogP contribution in [-0.4, -0.2) is 35.4 Å². The number of hydrogen-bond acceptors (Lipinski definition) is 2. The lowest BCUT2D eigenvalue weighted by Gasteiger charge is -2.15. The highest BCUT2D eigenvalue weighted by Crippen LogP contribution is 2.24. The molecule has 0 aliphatic rings. The topological polar surface area (TPSA) is 40.5 Å². The van der Waals surface area contributed by atoms with Crippen LogP contribution in [0.3, 0.4) is 0 Å². The molecular formula is C10H11Cl2NO2. The zero-order chi connectivity index (χ0) is 11.4. The van der Waals surface area contributed by atoms with E-state index in [1.807, 2.05) is 0 Å². The minimum atomic E-state index is -0.169. The van der Waals surface area contributed by atoms with Gasteiger partial charge in [0.05, 0.1) is 5.02 Å². The number of phenols is 1. The van der Waals surface area contributed by atoms with Gasteiger partial charge in [0.25, 0.3) is 5.91 Å². The molecule has 1 N–H and O–H groups in total. The molecule has 0 atom stereocenters. The summed E-state index contributed by atoms with van der Waals surface area (Å²) in [5, 5.41) is 9.36. The molecule has 1 aromatic rings. The Labute approximate surface area is 98.2 Å². The molecule has 0 aliphatic heterocycles. The van der Waals surface area contributed by atoms with E-state index in [2.05, 4.69) is 0 Å². The summed E-state index contributed by atoms with van der Waals surface area (Å²) in [4.78, 5) is 13.2. The highest BCUT2D eigenvalue weighted by molar-refractivity contribution is 6.32. The van der Waals surface area contributed by atoms with Gasteiger partial charge in [-0.25, -0.2) is 0 Å². The first kappa shape index (κ1) is 12.1. The van der Waals surface area contributed by atoms with Crippen LogP contribution >= 0.6 is 23.2 Å². The van der Waals surface area contributed by atoms with Crippen molar-refractivity contribution in [1.82, 2.24) is 4.90 Å². The van der Waals surface area contributed by atoms with Crippen molar-refractivity contribution in [3.05, 3.63) is 28.8 Å². The van der Waals surface area contributed by atoms with Gasteiger partial charge >= 0.3 is 0 Å². The molecular weight excluding hydrogens is 237 g/mol. The van der Waals surface area contributed by atoms with E-state index in [0.717, 1.165) is 0 Å². The molecule has 82 valence electrons. The molecule has 1 rings (SSSR count). The second-order valence-electron chi connectivity index (χ2n) is 3.08. The largest absolute Gasteiger partial charge is 0.506 e. The summed E-state index contributed by atoms with van der Waals surface area (Å²) >= 11 is 11.2. The predicted octanol–water partition coefficient (Wildman–Crippen LogP) is 2.36. The Morgan fingerprint density at radius 2 is 2.20 bits per heavy atom. The van der Waals surface area contributed by atoms with Crippen LogP contribution in [-0.2, 0) is 0 Å². The average Bonchev–Trinajstić information content (AvgIpc) is 2.21. The van der Waals surface area contributed by atoms with Crippen molar-refractivity contribution in [2.45, 2.75) is 0 Å². The SMILES string of the molecule is CN(CCCl)C(=O)c1ccc(O)c(Cl)c1. The van der Waals surface area contributed by atoms with E-state index in [1.54, 1.807) is 7.05 Å². The maximum absolute atomic E-state index is 11.7. The maximum Gasteiger partial charge on any atom is 0.253 e. The van der Waals surface area contributed by atoms with E-state index in [4.69, 9.17) is 23.2 Å². The first-order valence-corrected chi connectivity index (χ1v) is 5.27. The van der Waals surface area contributed by atoms with Crippen molar-refractivity contribution < 1.29 is 9.90 Å². The van der Waals surface area contributed by atoms with E-state index in [-0.39, 0.29) is 16.7 Å². The minimum Gasteiger partial charge on any atom is -0.506 e. The number of nitrogens with zero attached hydrogens (tertiary/aromatic N) is 1. The van der Waals surface area contributed by atoms with Crippen molar-refractivity contribution >= 4 is 29.1 Å². The molecule has 0 spiro atoms. The number of amides is 1. The smallest absolute Gasteiger partial charge is 0.253 e. The van der Waals surface area contributed by atoms with Gasteiger partial charge in [-0.1, -0.05) is 11.6 Å². The molecule has 0 aromatic heterocycles. The van der Waals surface area contributed by atoms with E-state index in [9.17, 15) is 9.90 Å². The van der Waals surface area contributed by atoms with Crippen LogP contribution in [0.5, 0.6) is 5.75 Å². The van der Waals surface area contributed by atoms with Crippen LogP contribution < -0.4 is 0 Å². The van der Waals surface area contributed by atoms with Crippen LogP contribution in [0.4, 0.5) is 0 Å². The molecule has 0 unspecified atom stereocenters. The van der Waals surface area contributed by atoms with Gasteiger partial charge in [0, 0.05) is 25.0 Å². The molecule has 3 nitrogen and oxygen atoms in total. The Morgan fingerprint density at radius 3 is 2.73 bits per heavy atom. The lowest BCUT2D eigenvalue weighted by atomic mass is 10.2. The molecule has 0 bridgehead atoms. The fourth-order valence-corrected chi connectivity index (χ4v) is 1.52. The van der Waals surface area contributed by atoms with Gasteiger partial charge in [-0.3, -0.25) is 4.79 Å². The van der Waals surface area contributed by atoms with Crippen molar-refractivity contribution in [1.29, 1.82) is 0 Å². The van der Waals surface area contributed by atoms with Gasteiger partial charge in [0.2, 0.25) is 0 Å². The minimum absolute atomic E-state index is 0.0341. The van der Waals surface area contributed by atoms with E-state index < -0.39 is 0 Å². The Balaban J connectivity index is 2.87. The number of alkyl halides is 1. The second-order valence-corrected chi connectivity index (χ2v) is 3.87. The summed E-state index contributed by atoms with van der Waals surface area (Å²) in [7, 11) is 1.66. The van der Waals surface area contributed by atoms with Crippen LogP contribution in [0.25, 0.3) is 0 Å². The van der Waals surface area contributed by atoms with Crippen molar-refractivity contribution in [2.75, 3.05) is 19.5 Å². The molecule has 1 aromatic carbocycles. The molecule has 5 heteroatoms. The van der Waals surface area contributed by atoms with Gasteiger partial charge in [-0.05, 0) is 18.2 Å². The summed E-state index contributed by atoms with van der Waals surface area (Å²) in [5.74, 6) is 0.180. The van der Waals surface area contributed by atoms with Crippen LogP contribution in [0, 0.1) is 0 Å². The predicted molar refractivity (Wildman–Crippen MR) is 60.8 cm³/mol. The molecule has 0 heterocycles. The van der Waals surface area contributed by atoms with Gasteiger partial charge in [0.15, 0.2) is 0 Å². The van der Waals surface area contributed by atoms with Crippen LogP contribution in [0.1, 0.15) is 10.4 Å². The third-order valence-corrected chi connectivity index (χ3v) is 2.43.